The van der Waals surface area contributed by atoms with Gasteiger partial charge in [-0.15, -0.1) is 0 Å². The van der Waals surface area contributed by atoms with Crippen LogP contribution in [-0.2, 0) is 16.4 Å². The minimum Gasteiger partial charge on any atom is -0.508 e. The number of aromatic hydroxyl groups is 1. The lowest BCUT2D eigenvalue weighted by Crippen LogP contribution is -2.22. The van der Waals surface area contributed by atoms with Crippen LogP contribution in [0.3, 0.4) is 0 Å². The van der Waals surface area contributed by atoms with Crippen LogP contribution in [0.4, 0.5) is 15.8 Å². The summed E-state index contributed by atoms with van der Waals surface area (Å²) >= 11 is 0. The van der Waals surface area contributed by atoms with Crippen molar-refractivity contribution in [1.29, 1.82) is 0 Å². The van der Waals surface area contributed by atoms with E-state index < -0.39 is 21.1 Å². The maximum atomic E-state index is 14.6. The molecule has 0 fully saturated rings. The fraction of sp³-hybridized carbons (Fsp3) is 0.194. The number of carbonyl (C=O) groups is 1. The number of benzene rings is 4. The van der Waals surface area contributed by atoms with Crippen LogP contribution in [0.15, 0.2) is 91.0 Å². The molecule has 0 saturated carbocycles. The molecular weight excluding hydrogens is 531 g/mol. The van der Waals surface area contributed by atoms with Crippen molar-refractivity contribution in [3.05, 3.63) is 108 Å². The summed E-state index contributed by atoms with van der Waals surface area (Å²) in [6, 6.07) is 25.1. The Morgan fingerprint density at radius 3 is 2.23 bits per heavy atom. The second-order valence-electron chi connectivity index (χ2n) is 9.57. The van der Waals surface area contributed by atoms with Gasteiger partial charge in [0.1, 0.15) is 5.75 Å². The average Bonchev–Trinajstić information content (AvgIpc) is 2.92. The Morgan fingerprint density at radius 2 is 1.57 bits per heavy atom. The Kier molecular flexibility index (Phi) is 9.06. The number of rotatable bonds is 11. The third-order valence-electron chi connectivity index (χ3n) is 6.21. The molecule has 0 aliphatic rings. The summed E-state index contributed by atoms with van der Waals surface area (Å²) in [6.45, 7) is 3.49. The van der Waals surface area contributed by atoms with E-state index in [9.17, 15) is 22.7 Å². The number of aryl methyl sites for hydroxylation is 1. The van der Waals surface area contributed by atoms with E-state index in [1.807, 2.05) is 6.07 Å². The molecule has 3 N–H and O–H groups in total. The number of hydrogen-bond acceptors (Lipinski definition) is 5. The smallest absolute Gasteiger partial charge is 0.255 e. The minimum atomic E-state index is -3.42. The third-order valence-corrected chi connectivity index (χ3v) is 7.97. The molecule has 4 aromatic rings. The predicted molar refractivity (Wildman–Crippen MR) is 156 cm³/mol. The van der Waals surface area contributed by atoms with Gasteiger partial charge in [0.05, 0.1) is 11.9 Å². The summed E-state index contributed by atoms with van der Waals surface area (Å²) in [4.78, 5) is 12.6. The lowest BCUT2D eigenvalue weighted by atomic mass is 10.0. The van der Waals surface area contributed by atoms with E-state index in [4.69, 9.17) is 4.74 Å². The van der Waals surface area contributed by atoms with Gasteiger partial charge in [-0.3, -0.25) is 9.52 Å². The third kappa shape index (κ3) is 7.60. The molecule has 0 atom stereocenters. The van der Waals surface area contributed by atoms with Crippen molar-refractivity contribution in [1.82, 2.24) is 0 Å². The molecule has 0 aliphatic carbocycles. The van der Waals surface area contributed by atoms with Gasteiger partial charge < -0.3 is 15.2 Å². The van der Waals surface area contributed by atoms with Crippen molar-refractivity contribution in [2.75, 3.05) is 16.6 Å². The highest BCUT2D eigenvalue weighted by molar-refractivity contribution is 7.93. The van der Waals surface area contributed by atoms with Crippen LogP contribution < -0.4 is 14.8 Å². The molecule has 0 bridgehead atoms. The Labute approximate surface area is 233 Å². The second-order valence-corrected chi connectivity index (χ2v) is 11.8. The maximum absolute atomic E-state index is 14.6. The molecule has 0 heterocycles. The number of anilines is 2. The largest absolute Gasteiger partial charge is 0.508 e. The van der Waals surface area contributed by atoms with E-state index in [2.05, 4.69) is 10.0 Å². The number of carbonyl (C=O) groups excluding carboxylic acids is 1. The topological polar surface area (TPSA) is 105 Å². The van der Waals surface area contributed by atoms with Gasteiger partial charge >= 0.3 is 0 Å². The Hall–Kier alpha value is -4.37. The zero-order chi connectivity index (χ0) is 28.7. The number of phenols is 1. The van der Waals surface area contributed by atoms with Gasteiger partial charge in [-0.1, -0.05) is 36.4 Å². The molecule has 4 aromatic carbocycles. The second kappa shape index (κ2) is 12.7. The fourth-order valence-corrected chi connectivity index (χ4v) is 4.59. The number of sulfonamides is 1. The van der Waals surface area contributed by atoms with E-state index in [1.165, 1.54) is 12.1 Å². The van der Waals surface area contributed by atoms with Crippen LogP contribution in [0.2, 0.25) is 0 Å². The summed E-state index contributed by atoms with van der Waals surface area (Å²) in [5, 5.41) is 11.6. The fourth-order valence-electron chi connectivity index (χ4n) is 3.90. The first-order chi connectivity index (χ1) is 19.1. The number of phenolic OH excluding ortho intramolecular Hbond substituents is 1. The zero-order valence-corrected chi connectivity index (χ0v) is 23.0. The summed E-state index contributed by atoms with van der Waals surface area (Å²) in [5.41, 5.74) is 3.96. The van der Waals surface area contributed by atoms with Crippen LogP contribution in [0.1, 0.15) is 36.2 Å². The molecule has 0 unspecified atom stereocenters. The lowest BCUT2D eigenvalue weighted by molar-refractivity contribution is 0.102. The van der Waals surface area contributed by atoms with Gasteiger partial charge in [0.15, 0.2) is 11.6 Å². The van der Waals surface area contributed by atoms with Gasteiger partial charge in [-0.25, -0.2) is 12.8 Å². The molecule has 4 rings (SSSR count). The quantitative estimate of drug-likeness (QED) is 0.178. The summed E-state index contributed by atoms with van der Waals surface area (Å²) in [5.74, 6) is -0.705. The molecule has 0 aliphatic heterocycles. The molecule has 0 saturated heterocycles. The first-order valence-corrected chi connectivity index (χ1v) is 14.4. The first kappa shape index (κ1) is 28.6. The molecule has 0 aromatic heterocycles. The molecule has 0 radical (unpaired) electrons. The molecule has 1 amide bonds. The van der Waals surface area contributed by atoms with Gasteiger partial charge in [-0.2, -0.15) is 0 Å². The van der Waals surface area contributed by atoms with Gasteiger partial charge in [-0.05, 0) is 91.9 Å². The number of amides is 1. The van der Waals surface area contributed by atoms with E-state index in [1.54, 1.807) is 86.6 Å². The zero-order valence-electron chi connectivity index (χ0n) is 22.2. The predicted octanol–water partition coefficient (Wildman–Crippen LogP) is 6.61. The Bertz CT molecular complexity index is 1570. The Morgan fingerprint density at radius 1 is 0.900 bits per heavy atom. The highest BCUT2D eigenvalue weighted by atomic mass is 32.2. The highest BCUT2D eigenvalue weighted by Gasteiger charge is 2.15. The van der Waals surface area contributed by atoms with Crippen molar-refractivity contribution in [2.45, 2.75) is 31.9 Å². The van der Waals surface area contributed by atoms with Crippen molar-refractivity contribution < 1.29 is 27.4 Å². The van der Waals surface area contributed by atoms with Crippen molar-refractivity contribution in [3.8, 4) is 22.6 Å². The molecular formula is C31H31FN2O5S. The molecule has 7 nitrogen and oxygen atoms in total. The average molecular weight is 563 g/mol. The van der Waals surface area contributed by atoms with E-state index in [0.717, 1.165) is 16.7 Å². The van der Waals surface area contributed by atoms with E-state index in [-0.39, 0.29) is 24.0 Å². The van der Waals surface area contributed by atoms with E-state index in [0.29, 0.717) is 29.8 Å². The SMILES string of the molecule is CC(C)S(=O)(=O)Nc1cccc(CCCOc2ccc(NC(=O)c3ccc(-c4ccc(O)cc4)cc3)cc2F)c1. The number of hydrogen-bond donors (Lipinski definition) is 3. The Balaban J connectivity index is 1.27. The van der Waals surface area contributed by atoms with Crippen LogP contribution in [0, 0.1) is 5.82 Å². The molecule has 40 heavy (non-hydrogen) atoms. The highest BCUT2D eigenvalue weighted by Crippen LogP contribution is 2.24. The normalized spacial score (nSPS) is 11.3. The standard InChI is InChI=1S/C31H31FN2O5S/c1-21(2)40(37,38)34-27-7-3-5-22(19-27)6-4-18-39-30-17-14-26(20-29(30)32)33-31(36)25-10-8-23(9-11-25)24-12-15-28(35)16-13-24/h3,5,7-17,19-21,34-35H,4,6,18H2,1-2H3,(H,33,36). The van der Waals surface area contributed by atoms with E-state index >= 15 is 0 Å². The summed E-state index contributed by atoms with van der Waals surface area (Å²) in [7, 11) is -3.42. The molecule has 9 heteroatoms. The first-order valence-electron chi connectivity index (χ1n) is 12.8. The van der Waals surface area contributed by atoms with Crippen LogP contribution in [0.5, 0.6) is 11.5 Å². The molecule has 208 valence electrons. The monoisotopic (exact) mass is 562 g/mol. The summed E-state index contributed by atoms with van der Waals surface area (Å²) < 4.78 is 47.0. The number of ether oxygens (including phenoxy) is 1. The van der Waals surface area contributed by atoms with Gasteiger partial charge in [0.25, 0.3) is 5.91 Å². The van der Waals surface area contributed by atoms with Crippen molar-refractivity contribution in [2.24, 2.45) is 0 Å². The van der Waals surface area contributed by atoms with Gasteiger partial charge in [0.2, 0.25) is 10.0 Å². The van der Waals surface area contributed by atoms with Crippen molar-refractivity contribution >= 4 is 27.3 Å². The molecule has 0 spiro atoms. The minimum absolute atomic E-state index is 0.0784. The van der Waals surface area contributed by atoms with Crippen LogP contribution in [0.25, 0.3) is 11.1 Å². The summed E-state index contributed by atoms with van der Waals surface area (Å²) in [6.07, 6.45) is 1.22. The lowest BCUT2D eigenvalue weighted by Gasteiger charge is -2.12. The van der Waals surface area contributed by atoms with Crippen molar-refractivity contribution in [3.63, 3.8) is 0 Å². The van der Waals surface area contributed by atoms with Gasteiger partial charge in [0, 0.05) is 23.0 Å². The number of halogens is 1. The van der Waals surface area contributed by atoms with Crippen LogP contribution in [-0.4, -0.2) is 31.3 Å². The maximum Gasteiger partial charge on any atom is 0.255 e. The van der Waals surface area contributed by atoms with Crippen LogP contribution >= 0.6 is 0 Å². The number of nitrogens with one attached hydrogen (secondary N) is 2.